The molecule has 0 radical (unpaired) electrons. The molecule has 0 saturated heterocycles. The average Bonchev–Trinajstić information content (AvgIpc) is 3.39. The first-order valence-electron chi connectivity index (χ1n) is 12.5. The maximum Gasteiger partial charge on any atom is 0.273 e. The van der Waals surface area contributed by atoms with Crippen LogP contribution in [0, 0.1) is 0 Å². The fourth-order valence-electron chi connectivity index (χ4n) is 3.67. The number of amides is 2. The Balaban J connectivity index is 1.64. The minimum Gasteiger partial charge on any atom is -0.491 e. The quantitative estimate of drug-likeness (QED) is 0.307. The number of halogens is 1. The summed E-state index contributed by atoms with van der Waals surface area (Å²) < 4.78 is 19.7. The molecule has 0 fully saturated rings. The number of rotatable bonds is 15. The van der Waals surface area contributed by atoms with Crippen LogP contribution in [0.15, 0.2) is 54.7 Å². The van der Waals surface area contributed by atoms with Crippen molar-refractivity contribution >= 4 is 11.8 Å². The zero-order valence-electron chi connectivity index (χ0n) is 20.7. The Morgan fingerprint density at radius 3 is 2.56 bits per heavy atom. The highest BCUT2D eigenvalue weighted by atomic mass is 19.1. The fourth-order valence-corrected chi connectivity index (χ4v) is 3.67. The van der Waals surface area contributed by atoms with Gasteiger partial charge in [0.15, 0.2) is 5.69 Å². The minimum atomic E-state index is -0.311. The Bertz CT molecular complexity index is 1100. The van der Waals surface area contributed by atoms with E-state index in [-0.39, 0.29) is 24.2 Å². The number of aryl methyl sites for hydroxylation is 1. The summed E-state index contributed by atoms with van der Waals surface area (Å²) in [6.45, 7) is 3.00. The predicted octanol–water partition coefficient (Wildman–Crippen LogP) is 4.29. The van der Waals surface area contributed by atoms with E-state index in [1.807, 2.05) is 25.1 Å². The topological polar surface area (TPSA) is 98.1 Å². The van der Waals surface area contributed by atoms with Crippen LogP contribution in [0.3, 0.4) is 0 Å². The van der Waals surface area contributed by atoms with Crippen molar-refractivity contribution in [1.82, 2.24) is 25.6 Å². The van der Waals surface area contributed by atoms with E-state index in [1.54, 1.807) is 24.4 Å². The molecule has 0 unspecified atom stereocenters. The molecule has 2 N–H and O–H groups in total. The number of hydrogen-bond donors (Lipinski definition) is 2. The van der Waals surface area contributed by atoms with Crippen molar-refractivity contribution in [2.24, 2.45) is 0 Å². The van der Waals surface area contributed by atoms with Gasteiger partial charge in [0.25, 0.3) is 11.8 Å². The molecule has 0 spiro atoms. The van der Waals surface area contributed by atoms with Crippen LogP contribution in [0.2, 0.25) is 0 Å². The molecule has 192 valence electrons. The second kappa shape index (κ2) is 14.6. The van der Waals surface area contributed by atoms with Crippen LogP contribution in [-0.4, -0.2) is 53.2 Å². The van der Waals surface area contributed by atoms with E-state index in [2.05, 4.69) is 33.1 Å². The van der Waals surface area contributed by atoms with E-state index in [1.165, 1.54) is 10.2 Å². The zero-order chi connectivity index (χ0) is 25.6. The lowest BCUT2D eigenvalue weighted by Crippen LogP contribution is -2.25. The standard InChI is InChI=1S/C27H34FN5O3/c1-2-29-26(34)22-14-15-24(25(19-22)36-18-9-4-3-8-16-28)33-20-23(31-32-33)27(35)30-17-10-13-21-11-6-5-7-12-21/h5-7,11-12,14-15,19-20H,2-4,8-10,13,16-18H2,1H3,(H,29,34)(H,30,35). The largest absolute Gasteiger partial charge is 0.491 e. The van der Waals surface area contributed by atoms with Crippen LogP contribution in [0.4, 0.5) is 4.39 Å². The summed E-state index contributed by atoms with van der Waals surface area (Å²) in [7, 11) is 0. The number of alkyl halides is 1. The highest BCUT2D eigenvalue weighted by Crippen LogP contribution is 2.25. The number of carbonyl (C=O) groups excluding carboxylic acids is 2. The number of nitrogens with one attached hydrogen (secondary N) is 2. The number of benzene rings is 2. The van der Waals surface area contributed by atoms with Crippen molar-refractivity contribution in [1.29, 1.82) is 0 Å². The van der Waals surface area contributed by atoms with E-state index in [0.29, 0.717) is 43.1 Å². The summed E-state index contributed by atoms with van der Waals surface area (Å²) in [5.74, 6) is -0.0430. The number of hydrogen-bond acceptors (Lipinski definition) is 5. The molecule has 2 amide bonds. The van der Waals surface area contributed by atoms with E-state index in [0.717, 1.165) is 32.1 Å². The lowest BCUT2D eigenvalue weighted by molar-refractivity contribution is 0.0943. The predicted molar refractivity (Wildman–Crippen MR) is 136 cm³/mol. The molecule has 0 saturated carbocycles. The molecule has 8 nitrogen and oxygen atoms in total. The summed E-state index contributed by atoms with van der Waals surface area (Å²) in [5.41, 5.74) is 2.45. The van der Waals surface area contributed by atoms with Crippen LogP contribution in [0.5, 0.6) is 5.75 Å². The highest BCUT2D eigenvalue weighted by molar-refractivity contribution is 5.95. The van der Waals surface area contributed by atoms with Crippen molar-refractivity contribution in [2.45, 2.75) is 45.4 Å². The third-order valence-electron chi connectivity index (χ3n) is 5.59. The molecule has 0 aliphatic carbocycles. The Hall–Kier alpha value is -3.75. The average molecular weight is 496 g/mol. The van der Waals surface area contributed by atoms with Gasteiger partial charge in [-0.15, -0.1) is 5.10 Å². The molecule has 0 bridgehead atoms. The van der Waals surface area contributed by atoms with Gasteiger partial charge in [-0.3, -0.25) is 14.0 Å². The third-order valence-corrected chi connectivity index (χ3v) is 5.59. The van der Waals surface area contributed by atoms with Crippen LogP contribution < -0.4 is 15.4 Å². The van der Waals surface area contributed by atoms with Crippen LogP contribution in [0.1, 0.15) is 65.4 Å². The van der Waals surface area contributed by atoms with Gasteiger partial charge in [-0.05, 0) is 62.8 Å². The number of ether oxygens (including phenoxy) is 1. The third kappa shape index (κ3) is 8.18. The van der Waals surface area contributed by atoms with Crippen LogP contribution in [0.25, 0.3) is 5.69 Å². The summed E-state index contributed by atoms with van der Waals surface area (Å²) in [6, 6.07) is 15.2. The monoisotopic (exact) mass is 495 g/mol. The maximum absolute atomic E-state index is 12.6. The smallest absolute Gasteiger partial charge is 0.273 e. The van der Waals surface area contributed by atoms with Crippen molar-refractivity contribution in [2.75, 3.05) is 26.4 Å². The number of nitrogens with zero attached hydrogens (tertiary/aromatic N) is 3. The zero-order valence-corrected chi connectivity index (χ0v) is 20.7. The fraction of sp³-hybridized carbons (Fsp3) is 0.407. The Morgan fingerprint density at radius 2 is 1.78 bits per heavy atom. The number of carbonyl (C=O) groups is 2. The SMILES string of the molecule is CCNC(=O)c1ccc(-n2cc(C(=O)NCCCc3ccccc3)nn2)c(OCCCCCCF)c1. The Labute approximate surface area is 211 Å². The van der Waals surface area contributed by atoms with Gasteiger partial charge in [-0.2, -0.15) is 0 Å². The molecular weight excluding hydrogens is 461 g/mol. The second-order valence-electron chi connectivity index (χ2n) is 8.39. The molecule has 9 heteroatoms. The number of unbranched alkanes of at least 4 members (excludes halogenated alkanes) is 3. The Kier molecular flexibility index (Phi) is 10.9. The summed E-state index contributed by atoms with van der Waals surface area (Å²) in [6.07, 6.45) is 6.20. The molecule has 0 atom stereocenters. The normalized spacial score (nSPS) is 10.7. The Morgan fingerprint density at radius 1 is 0.972 bits per heavy atom. The van der Waals surface area contributed by atoms with E-state index >= 15 is 0 Å². The van der Waals surface area contributed by atoms with Gasteiger partial charge in [0, 0.05) is 18.7 Å². The van der Waals surface area contributed by atoms with Gasteiger partial charge in [-0.1, -0.05) is 42.0 Å². The van der Waals surface area contributed by atoms with Gasteiger partial charge in [0.05, 0.1) is 19.5 Å². The van der Waals surface area contributed by atoms with Gasteiger partial charge in [0.2, 0.25) is 0 Å². The molecular formula is C27H34FN5O3. The number of aromatic nitrogens is 3. The first kappa shape index (κ1) is 26.8. The van der Waals surface area contributed by atoms with Gasteiger partial charge in [-0.25, -0.2) is 4.68 Å². The molecule has 3 rings (SSSR count). The minimum absolute atomic E-state index is 0.194. The maximum atomic E-state index is 12.6. The van der Waals surface area contributed by atoms with Crippen molar-refractivity contribution < 1.29 is 18.7 Å². The van der Waals surface area contributed by atoms with E-state index < -0.39 is 0 Å². The lowest BCUT2D eigenvalue weighted by Gasteiger charge is -2.13. The first-order chi connectivity index (χ1) is 17.6. The second-order valence-corrected chi connectivity index (χ2v) is 8.39. The summed E-state index contributed by atoms with van der Waals surface area (Å²) in [5, 5.41) is 13.8. The summed E-state index contributed by atoms with van der Waals surface area (Å²) in [4.78, 5) is 24.9. The van der Waals surface area contributed by atoms with E-state index in [9.17, 15) is 14.0 Å². The molecule has 0 aliphatic rings. The molecule has 1 heterocycles. The van der Waals surface area contributed by atoms with Gasteiger partial charge >= 0.3 is 0 Å². The van der Waals surface area contributed by atoms with Crippen molar-refractivity contribution in [3.05, 3.63) is 71.5 Å². The summed E-state index contributed by atoms with van der Waals surface area (Å²) >= 11 is 0. The molecule has 2 aromatic carbocycles. The first-order valence-corrected chi connectivity index (χ1v) is 12.5. The van der Waals surface area contributed by atoms with Gasteiger partial charge < -0.3 is 15.4 Å². The van der Waals surface area contributed by atoms with Crippen molar-refractivity contribution in [3.63, 3.8) is 0 Å². The van der Waals surface area contributed by atoms with Gasteiger partial charge in [0.1, 0.15) is 11.4 Å². The molecule has 0 aliphatic heterocycles. The molecule has 1 aromatic heterocycles. The van der Waals surface area contributed by atoms with Crippen LogP contribution >= 0.6 is 0 Å². The molecule has 36 heavy (non-hydrogen) atoms. The molecule has 3 aromatic rings. The lowest BCUT2D eigenvalue weighted by atomic mass is 10.1. The van der Waals surface area contributed by atoms with Crippen LogP contribution in [-0.2, 0) is 6.42 Å². The van der Waals surface area contributed by atoms with E-state index in [4.69, 9.17) is 4.74 Å². The highest BCUT2D eigenvalue weighted by Gasteiger charge is 2.16. The van der Waals surface area contributed by atoms with Crippen molar-refractivity contribution in [3.8, 4) is 11.4 Å².